The number of hydrogen-bond acceptors (Lipinski definition) is 4. The monoisotopic (exact) mass is 343 g/mol. The van der Waals surface area contributed by atoms with Gasteiger partial charge in [0.25, 0.3) is 0 Å². The molecule has 1 unspecified atom stereocenters. The second kappa shape index (κ2) is 8.51. The van der Waals surface area contributed by atoms with E-state index in [-0.39, 0.29) is 17.7 Å². The molecule has 5 heteroatoms. The summed E-state index contributed by atoms with van der Waals surface area (Å²) in [5.41, 5.74) is 0.819. The third-order valence-electron chi connectivity index (χ3n) is 4.30. The molecular weight excluding hydrogens is 318 g/mol. The van der Waals surface area contributed by atoms with Crippen molar-refractivity contribution in [2.24, 2.45) is 5.41 Å². The number of esters is 1. The number of ether oxygens (including phenoxy) is 2. The molecule has 0 heterocycles. The summed E-state index contributed by atoms with van der Waals surface area (Å²) in [4.78, 5) is 25.9. The van der Waals surface area contributed by atoms with E-state index in [1.165, 1.54) is 7.11 Å². The van der Waals surface area contributed by atoms with Crippen LogP contribution in [0.1, 0.15) is 25.3 Å². The minimum Gasteiger partial charge on any atom is -0.497 e. The topological polar surface area (TPSA) is 55.8 Å². The number of carbonyl (C=O) groups excluding carboxylic acids is 2. The lowest BCUT2D eigenvalue weighted by atomic mass is 9.82. The van der Waals surface area contributed by atoms with E-state index in [0.717, 1.165) is 17.7 Å². The summed E-state index contributed by atoms with van der Waals surface area (Å²) in [6.45, 7) is 3.07. The Morgan fingerprint density at radius 3 is 2.48 bits per heavy atom. The predicted octanol–water partition coefficient (Wildman–Crippen LogP) is 3.07. The van der Waals surface area contributed by atoms with Crippen molar-refractivity contribution in [3.05, 3.63) is 59.9 Å². The van der Waals surface area contributed by atoms with Crippen LogP contribution in [0.3, 0.4) is 0 Å². The number of amides is 1. The zero-order chi connectivity index (χ0) is 18.3. The summed E-state index contributed by atoms with van der Waals surface area (Å²) in [5, 5.41) is 0. The maximum Gasteiger partial charge on any atom is 0.315 e. The van der Waals surface area contributed by atoms with Gasteiger partial charge in [-0.15, -0.1) is 0 Å². The van der Waals surface area contributed by atoms with Crippen molar-refractivity contribution in [1.82, 2.24) is 4.90 Å². The lowest BCUT2D eigenvalue weighted by molar-refractivity contribution is -0.147. The molecule has 1 atom stereocenters. The van der Waals surface area contributed by atoms with Gasteiger partial charge >= 0.3 is 5.97 Å². The first-order valence-electron chi connectivity index (χ1n) is 8.28. The Hall–Kier alpha value is -2.56. The maximum atomic E-state index is 12.6. The van der Waals surface area contributed by atoms with Crippen LogP contribution in [0.5, 0.6) is 0 Å². The van der Waals surface area contributed by atoms with Crippen molar-refractivity contribution in [1.29, 1.82) is 0 Å². The Morgan fingerprint density at radius 1 is 1.20 bits per heavy atom. The van der Waals surface area contributed by atoms with Gasteiger partial charge in [-0.1, -0.05) is 43.3 Å². The molecule has 0 N–H and O–H groups in total. The Balaban J connectivity index is 2.14. The molecule has 134 valence electrons. The van der Waals surface area contributed by atoms with Gasteiger partial charge in [0.1, 0.15) is 12.2 Å². The van der Waals surface area contributed by atoms with E-state index in [1.807, 2.05) is 42.5 Å². The highest BCUT2D eigenvalue weighted by atomic mass is 16.5. The molecule has 2 rings (SSSR count). The summed E-state index contributed by atoms with van der Waals surface area (Å²) in [5.74, 6) is 0.0776. The standard InChI is InChI=1S/C20H25NO4/c1-20(11-9-17(24-2)10-12-20)15-21(18(22)13-19(23)25-3)14-16-7-5-4-6-8-16/h4-11H,12-15H2,1-3H3. The summed E-state index contributed by atoms with van der Waals surface area (Å²) >= 11 is 0. The molecule has 0 saturated carbocycles. The Bertz CT molecular complexity index is 666. The first kappa shape index (κ1) is 18.8. The Labute approximate surface area is 148 Å². The van der Waals surface area contributed by atoms with E-state index in [4.69, 9.17) is 4.74 Å². The number of allylic oxidation sites excluding steroid dienone is 2. The van der Waals surface area contributed by atoms with Crippen LogP contribution in [0.15, 0.2) is 54.3 Å². The summed E-state index contributed by atoms with van der Waals surface area (Å²) in [6.07, 6.45) is 6.53. The molecule has 1 amide bonds. The van der Waals surface area contributed by atoms with Gasteiger partial charge in [-0.3, -0.25) is 9.59 Å². The number of methoxy groups -OCH3 is 2. The van der Waals surface area contributed by atoms with Crippen LogP contribution in [0.2, 0.25) is 0 Å². The molecule has 5 nitrogen and oxygen atoms in total. The summed E-state index contributed by atoms with van der Waals surface area (Å²) < 4.78 is 9.87. The molecule has 1 aromatic rings. The van der Waals surface area contributed by atoms with Gasteiger partial charge in [0, 0.05) is 18.5 Å². The molecule has 0 aliphatic heterocycles. The van der Waals surface area contributed by atoms with Gasteiger partial charge in [-0.2, -0.15) is 0 Å². The minimum absolute atomic E-state index is 0.206. The van der Waals surface area contributed by atoms with E-state index in [9.17, 15) is 9.59 Å². The zero-order valence-corrected chi connectivity index (χ0v) is 15.0. The van der Waals surface area contributed by atoms with Crippen molar-refractivity contribution in [3.63, 3.8) is 0 Å². The van der Waals surface area contributed by atoms with E-state index in [2.05, 4.69) is 17.7 Å². The third kappa shape index (κ3) is 5.48. The average Bonchev–Trinajstić information content (AvgIpc) is 2.62. The van der Waals surface area contributed by atoms with Gasteiger partial charge in [-0.25, -0.2) is 0 Å². The molecule has 0 saturated heterocycles. The molecule has 1 aliphatic rings. The van der Waals surface area contributed by atoms with Gasteiger partial charge in [0.2, 0.25) is 5.91 Å². The van der Waals surface area contributed by atoms with Gasteiger partial charge in [-0.05, 0) is 24.1 Å². The van der Waals surface area contributed by atoms with Crippen molar-refractivity contribution in [2.45, 2.75) is 26.3 Å². The largest absolute Gasteiger partial charge is 0.497 e. The molecule has 25 heavy (non-hydrogen) atoms. The van der Waals surface area contributed by atoms with Crippen LogP contribution < -0.4 is 0 Å². The van der Waals surface area contributed by atoms with Crippen LogP contribution >= 0.6 is 0 Å². The van der Waals surface area contributed by atoms with Crippen molar-refractivity contribution < 1.29 is 19.1 Å². The lowest BCUT2D eigenvalue weighted by Gasteiger charge is -2.34. The second-order valence-corrected chi connectivity index (χ2v) is 6.49. The number of rotatable bonds is 7. The molecule has 0 fully saturated rings. The SMILES string of the molecule is COC(=O)CC(=O)N(Cc1ccccc1)CC1(C)C=CC(OC)=CC1. The molecule has 0 spiro atoms. The molecule has 1 aromatic carbocycles. The molecule has 0 bridgehead atoms. The first-order chi connectivity index (χ1) is 12.0. The quantitative estimate of drug-likeness (QED) is 0.564. The number of carbonyl (C=O) groups is 2. The highest BCUT2D eigenvalue weighted by molar-refractivity contribution is 5.94. The fraction of sp³-hybridized carbons (Fsp3) is 0.400. The van der Waals surface area contributed by atoms with Crippen molar-refractivity contribution in [2.75, 3.05) is 20.8 Å². The van der Waals surface area contributed by atoms with E-state index >= 15 is 0 Å². The first-order valence-corrected chi connectivity index (χ1v) is 8.28. The molecule has 0 aromatic heterocycles. The predicted molar refractivity (Wildman–Crippen MR) is 95.4 cm³/mol. The molecular formula is C20H25NO4. The number of benzene rings is 1. The van der Waals surface area contributed by atoms with Crippen LogP contribution in [-0.4, -0.2) is 37.5 Å². The fourth-order valence-electron chi connectivity index (χ4n) is 2.80. The maximum absolute atomic E-state index is 12.6. The van der Waals surface area contributed by atoms with E-state index < -0.39 is 5.97 Å². The molecule has 1 aliphatic carbocycles. The number of hydrogen-bond donors (Lipinski definition) is 0. The molecule has 0 radical (unpaired) electrons. The number of nitrogens with zero attached hydrogens (tertiary/aromatic N) is 1. The zero-order valence-electron chi connectivity index (χ0n) is 15.0. The normalized spacial score (nSPS) is 19.1. The van der Waals surface area contributed by atoms with Crippen molar-refractivity contribution in [3.8, 4) is 0 Å². The third-order valence-corrected chi connectivity index (χ3v) is 4.30. The minimum atomic E-state index is -0.519. The highest BCUT2D eigenvalue weighted by Crippen LogP contribution is 2.31. The Kier molecular flexibility index (Phi) is 6.39. The van der Waals surface area contributed by atoms with Crippen LogP contribution in [0.25, 0.3) is 0 Å². The van der Waals surface area contributed by atoms with Crippen LogP contribution in [-0.2, 0) is 25.6 Å². The fourth-order valence-corrected chi connectivity index (χ4v) is 2.80. The van der Waals surface area contributed by atoms with E-state index in [0.29, 0.717) is 13.1 Å². The Morgan fingerprint density at radius 2 is 1.92 bits per heavy atom. The van der Waals surface area contributed by atoms with Gasteiger partial charge < -0.3 is 14.4 Å². The van der Waals surface area contributed by atoms with Crippen LogP contribution in [0.4, 0.5) is 0 Å². The average molecular weight is 343 g/mol. The second-order valence-electron chi connectivity index (χ2n) is 6.49. The summed E-state index contributed by atoms with van der Waals surface area (Å²) in [6, 6.07) is 9.76. The summed E-state index contributed by atoms with van der Waals surface area (Å²) in [7, 11) is 2.93. The van der Waals surface area contributed by atoms with Gasteiger partial charge in [0.05, 0.1) is 14.2 Å². The highest BCUT2D eigenvalue weighted by Gasteiger charge is 2.29. The van der Waals surface area contributed by atoms with Gasteiger partial charge in [0.15, 0.2) is 0 Å². The van der Waals surface area contributed by atoms with Crippen molar-refractivity contribution >= 4 is 11.9 Å². The van der Waals surface area contributed by atoms with Crippen LogP contribution in [0, 0.1) is 5.41 Å². The lowest BCUT2D eigenvalue weighted by Crippen LogP contribution is -2.40. The smallest absolute Gasteiger partial charge is 0.315 e. The van der Waals surface area contributed by atoms with E-state index in [1.54, 1.807) is 12.0 Å².